The number of hydrogen-bond acceptors (Lipinski definition) is 3. The van der Waals surface area contributed by atoms with E-state index >= 15 is 0 Å². The van der Waals surface area contributed by atoms with Gasteiger partial charge >= 0.3 is 0 Å². The SMILES string of the molecule is NCc1ccccc1C1NC(=O)CCC1O. The lowest BCUT2D eigenvalue weighted by Crippen LogP contribution is -2.41. The van der Waals surface area contributed by atoms with Crippen LogP contribution in [0, 0.1) is 0 Å². The Balaban J connectivity index is 2.30. The number of nitrogens with one attached hydrogen (secondary N) is 1. The standard InChI is InChI=1S/C12H16N2O2/c13-7-8-3-1-2-4-9(8)12-10(15)5-6-11(16)14-12/h1-4,10,12,15H,5-7,13H2,(H,14,16). The molecule has 86 valence electrons. The van der Waals surface area contributed by atoms with E-state index in [0.717, 1.165) is 11.1 Å². The molecule has 16 heavy (non-hydrogen) atoms. The van der Waals surface area contributed by atoms with E-state index in [1.807, 2.05) is 24.3 Å². The number of benzene rings is 1. The summed E-state index contributed by atoms with van der Waals surface area (Å²) < 4.78 is 0. The summed E-state index contributed by atoms with van der Waals surface area (Å²) in [6.07, 6.45) is 0.378. The second-order valence-electron chi connectivity index (χ2n) is 4.05. The van der Waals surface area contributed by atoms with Crippen molar-refractivity contribution in [1.29, 1.82) is 0 Å². The maximum Gasteiger partial charge on any atom is 0.220 e. The van der Waals surface area contributed by atoms with Crippen molar-refractivity contribution >= 4 is 5.91 Å². The van der Waals surface area contributed by atoms with E-state index in [-0.39, 0.29) is 11.9 Å². The van der Waals surface area contributed by atoms with E-state index in [9.17, 15) is 9.90 Å². The summed E-state index contributed by atoms with van der Waals surface area (Å²) in [5.41, 5.74) is 7.53. The Morgan fingerprint density at radius 3 is 2.94 bits per heavy atom. The lowest BCUT2D eigenvalue weighted by Gasteiger charge is -2.30. The molecule has 1 heterocycles. The molecule has 4 heteroatoms. The molecule has 2 unspecified atom stereocenters. The van der Waals surface area contributed by atoms with Gasteiger partial charge in [-0.05, 0) is 17.5 Å². The van der Waals surface area contributed by atoms with Crippen molar-refractivity contribution in [3.8, 4) is 0 Å². The average molecular weight is 220 g/mol. The molecule has 1 saturated heterocycles. The van der Waals surface area contributed by atoms with Crippen LogP contribution in [0.25, 0.3) is 0 Å². The van der Waals surface area contributed by atoms with Crippen LogP contribution in [-0.2, 0) is 11.3 Å². The van der Waals surface area contributed by atoms with Crippen LogP contribution in [0.2, 0.25) is 0 Å². The van der Waals surface area contributed by atoms with Gasteiger partial charge in [-0.1, -0.05) is 24.3 Å². The van der Waals surface area contributed by atoms with Gasteiger partial charge in [-0.3, -0.25) is 4.79 Å². The first-order valence-electron chi connectivity index (χ1n) is 5.47. The van der Waals surface area contributed by atoms with Crippen LogP contribution >= 0.6 is 0 Å². The number of rotatable bonds is 2. The average Bonchev–Trinajstić information content (AvgIpc) is 2.32. The maximum atomic E-state index is 11.3. The third-order valence-electron chi connectivity index (χ3n) is 2.98. The van der Waals surface area contributed by atoms with Crippen molar-refractivity contribution in [2.45, 2.75) is 31.5 Å². The molecule has 1 aromatic rings. The van der Waals surface area contributed by atoms with Gasteiger partial charge in [-0.25, -0.2) is 0 Å². The van der Waals surface area contributed by atoms with E-state index < -0.39 is 6.10 Å². The minimum Gasteiger partial charge on any atom is -0.391 e. The Labute approximate surface area is 94.5 Å². The monoisotopic (exact) mass is 220 g/mol. The van der Waals surface area contributed by atoms with Crippen molar-refractivity contribution in [2.75, 3.05) is 0 Å². The van der Waals surface area contributed by atoms with Gasteiger partial charge in [0.2, 0.25) is 5.91 Å². The predicted octanol–water partition coefficient (Wildman–Crippen LogP) is 0.457. The summed E-state index contributed by atoms with van der Waals surface area (Å²) in [7, 11) is 0. The molecule has 0 spiro atoms. The quantitative estimate of drug-likeness (QED) is 0.677. The molecule has 0 bridgehead atoms. The number of piperidine rings is 1. The lowest BCUT2D eigenvalue weighted by atomic mass is 9.91. The smallest absolute Gasteiger partial charge is 0.220 e. The van der Waals surface area contributed by atoms with Crippen LogP contribution in [0.4, 0.5) is 0 Å². The molecular weight excluding hydrogens is 204 g/mol. The number of nitrogens with two attached hydrogens (primary N) is 1. The third-order valence-corrected chi connectivity index (χ3v) is 2.98. The van der Waals surface area contributed by atoms with Gasteiger partial charge in [-0.2, -0.15) is 0 Å². The number of hydrogen-bond donors (Lipinski definition) is 3. The van der Waals surface area contributed by atoms with Crippen LogP contribution in [0.1, 0.15) is 30.0 Å². The van der Waals surface area contributed by atoms with Gasteiger partial charge in [0.1, 0.15) is 0 Å². The van der Waals surface area contributed by atoms with E-state index in [1.54, 1.807) is 0 Å². The first-order chi connectivity index (χ1) is 7.72. The second kappa shape index (κ2) is 4.63. The third kappa shape index (κ3) is 2.08. The highest BCUT2D eigenvalue weighted by Crippen LogP contribution is 2.26. The number of aliphatic hydroxyl groups is 1. The predicted molar refractivity (Wildman–Crippen MR) is 60.5 cm³/mol. The summed E-state index contributed by atoms with van der Waals surface area (Å²) in [6, 6.07) is 7.30. The van der Waals surface area contributed by atoms with E-state index in [2.05, 4.69) is 5.32 Å². The van der Waals surface area contributed by atoms with Gasteiger partial charge in [0, 0.05) is 13.0 Å². The molecule has 4 N–H and O–H groups in total. The van der Waals surface area contributed by atoms with Gasteiger partial charge in [0.25, 0.3) is 0 Å². The molecule has 0 aromatic heterocycles. The Hall–Kier alpha value is -1.39. The number of aliphatic hydroxyl groups excluding tert-OH is 1. The van der Waals surface area contributed by atoms with Crippen LogP contribution in [0.15, 0.2) is 24.3 Å². The fraction of sp³-hybridized carbons (Fsp3) is 0.417. The molecule has 0 aliphatic carbocycles. The van der Waals surface area contributed by atoms with Crippen molar-refractivity contribution in [1.82, 2.24) is 5.32 Å². The minimum absolute atomic E-state index is 0.0119. The van der Waals surface area contributed by atoms with Crippen LogP contribution in [0.5, 0.6) is 0 Å². The molecule has 1 aromatic carbocycles. The fourth-order valence-corrected chi connectivity index (χ4v) is 2.10. The van der Waals surface area contributed by atoms with Crippen LogP contribution in [-0.4, -0.2) is 17.1 Å². The minimum atomic E-state index is -0.523. The molecule has 1 aliphatic rings. The molecule has 2 rings (SSSR count). The molecular formula is C12H16N2O2. The summed E-state index contributed by atoms with van der Waals surface area (Å²) in [4.78, 5) is 11.3. The maximum absolute atomic E-state index is 11.3. The molecule has 4 nitrogen and oxygen atoms in total. The topological polar surface area (TPSA) is 75.3 Å². The summed E-state index contributed by atoms with van der Waals surface area (Å²) in [5.74, 6) is -0.0119. The second-order valence-corrected chi connectivity index (χ2v) is 4.05. The van der Waals surface area contributed by atoms with Gasteiger partial charge in [-0.15, -0.1) is 0 Å². The van der Waals surface area contributed by atoms with Gasteiger partial charge < -0.3 is 16.2 Å². The van der Waals surface area contributed by atoms with E-state index in [0.29, 0.717) is 19.4 Å². The highest BCUT2D eigenvalue weighted by Gasteiger charge is 2.29. The van der Waals surface area contributed by atoms with Gasteiger partial charge in [0.05, 0.1) is 12.1 Å². The summed E-state index contributed by atoms with van der Waals surface area (Å²) >= 11 is 0. The summed E-state index contributed by atoms with van der Waals surface area (Å²) in [5, 5.41) is 12.7. The Morgan fingerprint density at radius 1 is 1.44 bits per heavy atom. The fourth-order valence-electron chi connectivity index (χ4n) is 2.10. The number of amides is 1. The summed E-state index contributed by atoms with van der Waals surface area (Å²) in [6.45, 7) is 0.412. The Morgan fingerprint density at radius 2 is 2.19 bits per heavy atom. The molecule has 0 radical (unpaired) electrons. The number of carbonyl (C=O) groups excluding carboxylic acids is 1. The van der Waals surface area contributed by atoms with Crippen molar-refractivity contribution in [3.63, 3.8) is 0 Å². The number of carbonyl (C=O) groups is 1. The van der Waals surface area contributed by atoms with E-state index in [4.69, 9.17) is 5.73 Å². The highest BCUT2D eigenvalue weighted by atomic mass is 16.3. The lowest BCUT2D eigenvalue weighted by molar-refractivity contribution is -0.126. The normalized spacial score (nSPS) is 25.2. The Kier molecular flexibility index (Phi) is 3.22. The van der Waals surface area contributed by atoms with Crippen molar-refractivity contribution in [3.05, 3.63) is 35.4 Å². The highest BCUT2D eigenvalue weighted by molar-refractivity contribution is 5.77. The molecule has 1 aliphatic heterocycles. The Bertz CT molecular complexity index is 392. The molecule has 1 amide bonds. The van der Waals surface area contributed by atoms with Crippen molar-refractivity contribution < 1.29 is 9.90 Å². The first-order valence-corrected chi connectivity index (χ1v) is 5.47. The van der Waals surface area contributed by atoms with Crippen LogP contribution < -0.4 is 11.1 Å². The van der Waals surface area contributed by atoms with Crippen LogP contribution in [0.3, 0.4) is 0 Å². The zero-order chi connectivity index (χ0) is 11.5. The largest absolute Gasteiger partial charge is 0.391 e. The zero-order valence-electron chi connectivity index (χ0n) is 9.02. The first kappa shape index (κ1) is 11.1. The molecule has 2 atom stereocenters. The molecule has 1 fully saturated rings. The molecule has 0 saturated carbocycles. The van der Waals surface area contributed by atoms with Crippen molar-refractivity contribution in [2.24, 2.45) is 5.73 Å². The van der Waals surface area contributed by atoms with Gasteiger partial charge in [0.15, 0.2) is 0 Å². The zero-order valence-corrected chi connectivity index (χ0v) is 9.02. The van der Waals surface area contributed by atoms with E-state index in [1.165, 1.54) is 0 Å².